The Balaban J connectivity index is 1.48. The van der Waals surface area contributed by atoms with E-state index in [4.69, 9.17) is 15.5 Å². The molecule has 5 rings (SSSR count). The summed E-state index contributed by atoms with van der Waals surface area (Å²) in [5.41, 5.74) is 10.3. The molecule has 0 radical (unpaired) electrons. The Labute approximate surface area is 224 Å². The maximum Gasteiger partial charge on any atom is 0.341 e. The quantitative estimate of drug-likeness (QED) is 0.265. The van der Waals surface area contributed by atoms with Crippen LogP contribution < -0.4 is 11.1 Å². The molecule has 0 spiro atoms. The molecule has 1 aliphatic rings. The maximum atomic E-state index is 13.5. The molecular weight excluding hydrogens is 502 g/mol. The first-order valence-electron chi connectivity index (χ1n) is 12.5. The van der Waals surface area contributed by atoms with Crippen LogP contribution in [0.15, 0.2) is 42.5 Å². The van der Waals surface area contributed by atoms with E-state index in [9.17, 15) is 9.59 Å². The van der Waals surface area contributed by atoms with Gasteiger partial charge in [-0.05, 0) is 55.2 Å². The van der Waals surface area contributed by atoms with Gasteiger partial charge in [0.1, 0.15) is 14.7 Å². The lowest BCUT2D eigenvalue weighted by atomic mass is 9.72. The van der Waals surface area contributed by atoms with Gasteiger partial charge in [-0.15, -0.1) is 22.7 Å². The van der Waals surface area contributed by atoms with Crippen molar-refractivity contribution in [2.24, 2.45) is 11.3 Å². The van der Waals surface area contributed by atoms with Crippen molar-refractivity contribution in [2.45, 2.75) is 47.0 Å². The third-order valence-corrected chi connectivity index (χ3v) is 9.35. The topological polar surface area (TPSA) is 94.3 Å². The number of amides is 1. The van der Waals surface area contributed by atoms with E-state index in [1.807, 2.05) is 42.5 Å². The summed E-state index contributed by atoms with van der Waals surface area (Å²) >= 11 is 2.75. The van der Waals surface area contributed by atoms with Crippen molar-refractivity contribution in [3.8, 4) is 11.3 Å². The number of carbonyl (C=O) groups is 2. The third kappa shape index (κ3) is 4.88. The number of carbonyl (C=O) groups excluding carboxylic acids is 2. The standard InChI is InChI=1S/C29H31N3O3S2/c1-5-35-28(34)22-18-12-11-17(29(2,3)4)15-21(18)36-27(22)32-25(33)24-23(30)19-13-14-20(31-26(19)37-24)16-9-7-6-8-10-16/h6-10,13-14,17H,5,11-12,15,30H2,1-4H3,(H,32,33). The molecule has 0 saturated carbocycles. The Kier molecular flexibility index (Phi) is 6.81. The molecule has 3 aromatic heterocycles. The summed E-state index contributed by atoms with van der Waals surface area (Å²) < 4.78 is 5.39. The number of pyridine rings is 1. The number of benzene rings is 1. The first-order valence-corrected chi connectivity index (χ1v) is 14.2. The SMILES string of the molecule is CCOC(=O)c1c(NC(=O)c2sc3nc(-c4ccccc4)ccc3c2N)sc2c1CCC(C(C)(C)C)C2. The van der Waals surface area contributed by atoms with Crippen molar-refractivity contribution >= 4 is 55.5 Å². The summed E-state index contributed by atoms with van der Waals surface area (Å²) in [7, 11) is 0. The van der Waals surface area contributed by atoms with E-state index < -0.39 is 0 Å². The Bertz CT molecular complexity index is 1480. The van der Waals surface area contributed by atoms with Crippen LogP contribution in [0.4, 0.5) is 10.7 Å². The summed E-state index contributed by atoms with van der Waals surface area (Å²) in [4.78, 5) is 33.5. The van der Waals surface area contributed by atoms with Crippen LogP contribution in [0.5, 0.6) is 0 Å². The number of rotatable bonds is 5. The van der Waals surface area contributed by atoms with Crippen LogP contribution in [0.3, 0.4) is 0 Å². The van der Waals surface area contributed by atoms with Gasteiger partial charge >= 0.3 is 5.97 Å². The molecule has 1 unspecified atom stereocenters. The highest BCUT2D eigenvalue weighted by Gasteiger charge is 2.35. The third-order valence-electron chi connectivity index (χ3n) is 7.07. The molecule has 3 heterocycles. The van der Waals surface area contributed by atoms with Gasteiger partial charge in [-0.25, -0.2) is 9.78 Å². The minimum absolute atomic E-state index is 0.173. The number of nitrogens with one attached hydrogen (secondary N) is 1. The zero-order valence-corrected chi connectivity index (χ0v) is 23.1. The number of nitrogens with two attached hydrogens (primary N) is 1. The monoisotopic (exact) mass is 533 g/mol. The Morgan fingerprint density at radius 3 is 2.59 bits per heavy atom. The average molecular weight is 534 g/mol. The predicted molar refractivity (Wildman–Crippen MR) is 153 cm³/mol. The van der Waals surface area contributed by atoms with Crippen LogP contribution in [0.1, 0.15) is 64.6 Å². The molecule has 1 atom stereocenters. The van der Waals surface area contributed by atoms with Gasteiger partial charge in [0.2, 0.25) is 0 Å². The predicted octanol–water partition coefficient (Wildman–Crippen LogP) is 7.19. The first-order chi connectivity index (χ1) is 17.7. The number of nitrogen functional groups attached to an aromatic ring is 1. The first kappa shape index (κ1) is 25.4. The fourth-order valence-electron chi connectivity index (χ4n) is 4.93. The molecule has 1 aliphatic carbocycles. The number of nitrogens with zero attached hydrogens (tertiary/aromatic N) is 1. The number of thiophene rings is 2. The summed E-state index contributed by atoms with van der Waals surface area (Å²) in [6.07, 6.45) is 2.70. The van der Waals surface area contributed by atoms with Crippen LogP contribution >= 0.6 is 22.7 Å². The summed E-state index contributed by atoms with van der Waals surface area (Å²) in [5.74, 6) is -0.207. The average Bonchev–Trinajstić information content (AvgIpc) is 3.40. The van der Waals surface area contributed by atoms with E-state index in [-0.39, 0.29) is 23.9 Å². The number of ether oxygens (including phenoxy) is 1. The molecule has 3 N–H and O–H groups in total. The second-order valence-corrected chi connectivity index (χ2v) is 12.6. The molecule has 0 saturated heterocycles. The van der Waals surface area contributed by atoms with E-state index in [0.717, 1.165) is 46.3 Å². The van der Waals surface area contributed by atoms with Crippen molar-refractivity contribution in [2.75, 3.05) is 17.7 Å². The Hall–Kier alpha value is -3.23. The maximum absolute atomic E-state index is 13.5. The zero-order chi connectivity index (χ0) is 26.3. The van der Waals surface area contributed by atoms with Gasteiger partial charge < -0.3 is 15.8 Å². The van der Waals surface area contributed by atoms with E-state index in [2.05, 4.69) is 26.1 Å². The minimum Gasteiger partial charge on any atom is -0.462 e. The van der Waals surface area contributed by atoms with Gasteiger partial charge in [0.15, 0.2) is 0 Å². The molecule has 8 heteroatoms. The summed E-state index contributed by atoms with van der Waals surface area (Å²) in [6.45, 7) is 8.84. The molecule has 0 bridgehead atoms. The number of esters is 1. The van der Waals surface area contributed by atoms with E-state index in [1.54, 1.807) is 6.92 Å². The largest absolute Gasteiger partial charge is 0.462 e. The van der Waals surface area contributed by atoms with E-state index in [1.165, 1.54) is 22.7 Å². The molecule has 1 amide bonds. The van der Waals surface area contributed by atoms with Crippen molar-refractivity contribution < 1.29 is 14.3 Å². The van der Waals surface area contributed by atoms with Gasteiger partial charge in [0, 0.05) is 15.8 Å². The molecule has 37 heavy (non-hydrogen) atoms. The van der Waals surface area contributed by atoms with Crippen LogP contribution in [0.2, 0.25) is 0 Å². The normalized spacial score (nSPS) is 15.4. The van der Waals surface area contributed by atoms with Crippen LogP contribution in [-0.4, -0.2) is 23.5 Å². The fraction of sp³-hybridized carbons (Fsp3) is 0.345. The lowest BCUT2D eigenvalue weighted by Crippen LogP contribution is -2.26. The minimum atomic E-state index is -0.386. The fourth-order valence-corrected chi connectivity index (χ4v) is 7.23. The Morgan fingerprint density at radius 1 is 1.14 bits per heavy atom. The van der Waals surface area contributed by atoms with Crippen LogP contribution in [-0.2, 0) is 17.6 Å². The van der Waals surface area contributed by atoms with Crippen molar-refractivity contribution in [3.63, 3.8) is 0 Å². The van der Waals surface area contributed by atoms with Gasteiger partial charge in [-0.3, -0.25) is 4.79 Å². The summed E-state index contributed by atoms with van der Waals surface area (Å²) in [6, 6.07) is 13.7. The number of aromatic nitrogens is 1. The second-order valence-electron chi connectivity index (χ2n) is 10.4. The molecule has 192 valence electrons. The second kappa shape index (κ2) is 9.91. The lowest BCUT2D eigenvalue weighted by Gasteiger charge is -2.33. The van der Waals surface area contributed by atoms with Gasteiger partial charge in [-0.2, -0.15) is 0 Å². The van der Waals surface area contributed by atoms with Crippen LogP contribution in [0.25, 0.3) is 21.5 Å². The van der Waals surface area contributed by atoms with E-state index in [0.29, 0.717) is 31.9 Å². The number of hydrogen-bond donors (Lipinski definition) is 2. The van der Waals surface area contributed by atoms with Gasteiger partial charge in [-0.1, -0.05) is 51.1 Å². The van der Waals surface area contributed by atoms with Gasteiger partial charge in [0.05, 0.1) is 23.6 Å². The highest BCUT2D eigenvalue weighted by molar-refractivity contribution is 7.21. The van der Waals surface area contributed by atoms with E-state index >= 15 is 0 Å². The lowest BCUT2D eigenvalue weighted by molar-refractivity contribution is 0.0526. The summed E-state index contributed by atoms with van der Waals surface area (Å²) in [5, 5.41) is 4.30. The molecular formula is C29H31N3O3S2. The molecule has 0 aliphatic heterocycles. The van der Waals surface area contributed by atoms with Crippen molar-refractivity contribution in [1.29, 1.82) is 0 Å². The van der Waals surface area contributed by atoms with Gasteiger partial charge in [0.25, 0.3) is 5.91 Å². The zero-order valence-electron chi connectivity index (χ0n) is 21.5. The molecule has 0 fully saturated rings. The molecule has 1 aromatic carbocycles. The van der Waals surface area contributed by atoms with Crippen molar-refractivity contribution in [3.05, 3.63) is 63.3 Å². The number of anilines is 2. The number of hydrogen-bond acceptors (Lipinski definition) is 7. The highest BCUT2D eigenvalue weighted by atomic mass is 32.1. The van der Waals surface area contributed by atoms with Crippen molar-refractivity contribution in [1.82, 2.24) is 4.98 Å². The van der Waals surface area contributed by atoms with Crippen LogP contribution in [0, 0.1) is 11.3 Å². The Morgan fingerprint density at radius 2 is 1.89 bits per heavy atom. The highest BCUT2D eigenvalue weighted by Crippen LogP contribution is 2.45. The number of fused-ring (bicyclic) bond motifs is 2. The molecule has 6 nitrogen and oxygen atoms in total. The molecule has 4 aromatic rings. The smallest absolute Gasteiger partial charge is 0.341 e.